The minimum Gasteiger partial charge on any atom is -0.450 e. The van der Waals surface area contributed by atoms with E-state index in [9.17, 15) is 9.18 Å². The van der Waals surface area contributed by atoms with Crippen molar-refractivity contribution >= 4 is 12.1 Å². The Morgan fingerprint density at radius 3 is 1.93 bits per heavy atom. The van der Waals surface area contributed by atoms with Gasteiger partial charge in [0.15, 0.2) is 0 Å². The normalized spacial score (nSPS) is 8.60. The van der Waals surface area contributed by atoms with Gasteiger partial charge in [-0.1, -0.05) is 12.1 Å². The average molecular weight is 215 g/mol. The van der Waals surface area contributed by atoms with Crippen LogP contribution in [0.5, 0.6) is 0 Å². The van der Waals surface area contributed by atoms with Gasteiger partial charge in [0.1, 0.15) is 5.82 Å². The molecule has 0 saturated heterocycles. The lowest BCUT2D eigenvalue weighted by atomic mass is 10.1. The van der Waals surface area contributed by atoms with Crippen LogP contribution in [0, 0.1) is 5.82 Å². The number of halogens is 1. The fourth-order valence-electron chi connectivity index (χ4n) is 0.803. The number of nitrogens with two attached hydrogens (primary N) is 1. The summed E-state index contributed by atoms with van der Waals surface area (Å²) in [6.45, 7) is 0. The van der Waals surface area contributed by atoms with Gasteiger partial charge in [0.05, 0.1) is 6.42 Å². The molecule has 0 atom stereocenters. The molecule has 0 saturated carbocycles. The average Bonchev–Trinajstić information content (AvgIpc) is 2.07. The highest BCUT2D eigenvalue weighted by Crippen LogP contribution is 2.02. The number of hydrogen-bond acceptors (Lipinski definition) is 2. The third-order valence-corrected chi connectivity index (χ3v) is 1.29. The van der Waals surface area contributed by atoms with Crippen molar-refractivity contribution in [3.63, 3.8) is 0 Å². The molecule has 0 radical (unpaired) electrons. The Kier molecular flexibility index (Phi) is 5.47. The number of hydrogen-bond donors (Lipinski definition) is 3. The monoisotopic (exact) mass is 215 g/mol. The van der Waals surface area contributed by atoms with Crippen LogP contribution in [-0.2, 0) is 11.2 Å². The first kappa shape index (κ1) is 12.9. The third-order valence-electron chi connectivity index (χ3n) is 1.29. The molecular formula is C9H10FNO4. The second-order valence-electron chi connectivity index (χ2n) is 2.55. The maximum atomic E-state index is 12.3. The van der Waals surface area contributed by atoms with E-state index in [2.05, 4.69) is 0 Å². The van der Waals surface area contributed by atoms with Gasteiger partial charge in [-0.3, -0.25) is 4.79 Å². The van der Waals surface area contributed by atoms with Crippen LogP contribution in [-0.4, -0.2) is 22.3 Å². The lowest BCUT2D eigenvalue weighted by Gasteiger charge is -1.95. The first-order chi connectivity index (χ1) is 6.91. The summed E-state index contributed by atoms with van der Waals surface area (Å²) in [6.07, 6.45) is -1.67. The number of primary amides is 1. The summed E-state index contributed by atoms with van der Waals surface area (Å²) < 4.78 is 12.3. The van der Waals surface area contributed by atoms with Gasteiger partial charge < -0.3 is 15.9 Å². The van der Waals surface area contributed by atoms with E-state index in [1.807, 2.05) is 0 Å². The molecule has 0 aromatic heterocycles. The predicted molar refractivity (Wildman–Crippen MR) is 50.0 cm³/mol. The molecule has 0 bridgehead atoms. The number of carboxylic acid groups (broad SMARTS) is 2. The Labute approximate surface area is 84.9 Å². The lowest BCUT2D eigenvalue weighted by molar-refractivity contribution is -0.117. The smallest absolute Gasteiger partial charge is 0.450 e. The van der Waals surface area contributed by atoms with E-state index in [1.165, 1.54) is 12.1 Å². The summed E-state index contributed by atoms with van der Waals surface area (Å²) in [5.41, 5.74) is 5.66. The topological polar surface area (TPSA) is 101 Å². The summed E-state index contributed by atoms with van der Waals surface area (Å²) in [5, 5.41) is 13.9. The molecular weight excluding hydrogens is 205 g/mol. The fourth-order valence-corrected chi connectivity index (χ4v) is 0.803. The Balaban J connectivity index is 0.000000423. The molecule has 0 aliphatic rings. The molecule has 82 valence electrons. The summed E-state index contributed by atoms with van der Waals surface area (Å²) >= 11 is 0. The van der Waals surface area contributed by atoms with Crippen LogP contribution in [0.2, 0.25) is 0 Å². The highest BCUT2D eigenvalue weighted by atomic mass is 19.1. The highest BCUT2D eigenvalue weighted by Gasteiger charge is 1.97. The quantitative estimate of drug-likeness (QED) is 0.686. The molecule has 4 N–H and O–H groups in total. The summed E-state index contributed by atoms with van der Waals surface area (Å²) in [6, 6.07) is 5.69. The third kappa shape index (κ3) is 8.23. The zero-order valence-corrected chi connectivity index (χ0v) is 7.68. The molecule has 0 fully saturated rings. The van der Waals surface area contributed by atoms with Crippen molar-refractivity contribution in [2.45, 2.75) is 6.42 Å². The van der Waals surface area contributed by atoms with Crippen LogP contribution in [0.4, 0.5) is 9.18 Å². The molecule has 1 aromatic rings. The molecule has 1 aromatic carbocycles. The van der Waals surface area contributed by atoms with Crippen molar-refractivity contribution in [1.82, 2.24) is 0 Å². The minimum absolute atomic E-state index is 0.167. The number of carbonyl (C=O) groups excluding carboxylic acids is 1. The largest absolute Gasteiger partial charge is 0.503 e. The zero-order valence-electron chi connectivity index (χ0n) is 7.68. The minimum atomic E-state index is -1.83. The van der Waals surface area contributed by atoms with Crippen LogP contribution in [0.15, 0.2) is 24.3 Å². The molecule has 0 aliphatic carbocycles. The first-order valence-corrected chi connectivity index (χ1v) is 3.86. The van der Waals surface area contributed by atoms with Crippen LogP contribution in [0.25, 0.3) is 0 Å². The fraction of sp³-hybridized carbons (Fsp3) is 0.111. The molecule has 0 spiro atoms. The van der Waals surface area contributed by atoms with Crippen LogP contribution in [0.3, 0.4) is 0 Å². The molecule has 15 heavy (non-hydrogen) atoms. The first-order valence-electron chi connectivity index (χ1n) is 3.86. The maximum Gasteiger partial charge on any atom is 0.503 e. The predicted octanol–water partition coefficient (Wildman–Crippen LogP) is 1.08. The highest BCUT2D eigenvalue weighted by molar-refractivity contribution is 5.76. The van der Waals surface area contributed by atoms with Gasteiger partial charge in [-0.05, 0) is 17.7 Å². The Morgan fingerprint density at radius 2 is 1.60 bits per heavy atom. The van der Waals surface area contributed by atoms with E-state index >= 15 is 0 Å². The second kappa shape index (κ2) is 6.36. The summed E-state index contributed by atoms with van der Waals surface area (Å²) in [7, 11) is 0. The van der Waals surface area contributed by atoms with Crippen LogP contribution < -0.4 is 5.73 Å². The maximum absolute atomic E-state index is 12.3. The molecule has 1 amide bonds. The zero-order chi connectivity index (χ0) is 11.8. The molecule has 1 rings (SSSR count). The van der Waals surface area contributed by atoms with Crippen molar-refractivity contribution < 1.29 is 24.2 Å². The van der Waals surface area contributed by atoms with Crippen LogP contribution >= 0.6 is 0 Å². The van der Waals surface area contributed by atoms with Gasteiger partial charge >= 0.3 is 6.16 Å². The van der Waals surface area contributed by atoms with Crippen molar-refractivity contribution in [1.29, 1.82) is 0 Å². The van der Waals surface area contributed by atoms with E-state index in [1.54, 1.807) is 12.1 Å². The van der Waals surface area contributed by atoms with Gasteiger partial charge in [0, 0.05) is 0 Å². The van der Waals surface area contributed by atoms with E-state index in [4.69, 9.17) is 20.7 Å². The summed E-state index contributed by atoms with van der Waals surface area (Å²) in [4.78, 5) is 18.9. The molecule has 5 nitrogen and oxygen atoms in total. The molecule has 0 heterocycles. The number of amides is 1. The van der Waals surface area contributed by atoms with E-state index in [0.717, 1.165) is 5.56 Å². The van der Waals surface area contributed by atoms with E-state index in [0.29, 0.717) is 0 Å². The van der Waals surface area contributed by atoms with Crippen molar-refractivity contribution in [2.24, 2.45) is 5.73 Å². The second-order valence-corrected chi connectivity index (χ2v) is 2.55. The Morgan fingerprint density at radius 1 is 1.20 bits per heavy atom. The molecule has 6 heteroatoms. The standard InChI is InChI=1S/C8H8FNO.CH2O3/c9-7-3-1-6(2-4-7)5-8(10)11;2-1(3)4/h1-4H,5H2,(H2,10,11);(H2,2,3,4). The van der Waals surface area contributed by atoms with Gasteiger partial charge in [-0.15, -0.1) is 0 Å². The van der Waals surface area contributed by atoms with E-state index < -0.39 is 12.1 Å². The van der Waals surface area contributed by atoms with Gasteiger partial charge in [-0.2, -0.15) is 0 Å². The van der Waals surface area contributed by atoms with Gasteiger partial charge in [0.2, 0.25) is 5.91 Å². The van der Waals surface area contributed by atoms with Crippen molar-refractivity contribution in [2.75, 3.05) is 0 Å². The SMILES string of the molecule is NC(=O)Cc1ccc(F)cc1.O=C(O)O. The van der Waals surface area contributed by atoms with Crippen LogP contribution in [0.1, 0.15) is 5.56 Å². The number of carbonyl (C=O) groups is 2. The van der Waals surface area contributed by atoms with Crippen molar-refractivity contribution in [3.8, 4) is 0 Å². The number of rotatable bonds is 2. The molecule has 0 aliphatic heterocycles. The Bertz CT molecular complexity index is 332. The summed E-state index contributed by atoms with van der Waals surface area (Å²) in [5.74, 6) is -0.713. The lowest BCUT2D eigenvalue weighted by Crippen LogP contribution is -2.13. The van der Waals surface area contributed by atoms with Crippen molar-refractivity contribution in [3.05, 3.63) is 35.6 Å². The van der Waals surface area contributed by atoms with Gasteiger partial charge in [0.25, 0.3) is 0 Å². The van der Waals surface area contributed by atoms with E-state index in [-0.39, 0.29) is 12.2 Å². The van der Waals surface area contributed by atoms with Gasteiger partial charge in [-0.25, -0.2) is 9.18 Å². The molecule has 0 unspecified atom stereocenters. The Hall–Kier alpha value is -2.11. The number of benzene rings is 1.